The van der Waals surface area contributed by atoms with Gasteiger partial charge < -0.3 is 4.74 Å². The van der Waals surface area contributed by atoms with Crippen molar-refractivity contribution in [2.45, 2.75) is 46.0 Å². The number of carbonyl (C=O) groups is 1. The standard InChI is InChI=1S/C26H28O2/c1-3-4-5-6-7-21-10-14-24(15-11-21)26(27)28-25-18-16-23(17-19-25)22-12-8-20(2)9-13-22/h8-19H,3-7H2,1-2H3. The number of carbonyl (C=O) groups excluding carboxylic acids is 1. The molecule has 0 aliphatic rings. The zero-order chi connectivity index (χ0) is 19.8. The number of esters is 1. The van der Waals surface area contributed by atoms with E-state index in [1.165, 1.54) is 36.8 Å². The van der Waals surface area contributed by atoms with Crippen LogP contribution in [0, 0.1) is 6.92 Å². The normalized spacial score (nSPS) is 10.6. The molecule has 0 atom stereocenters. The van der Waals surface area contributed by atoms with E-state index in [2.05, 4.69) is 38.1 Å². The van der Waals surface area contributed by atoms with E-state index >= 15 is 0 Å². The van der Waals surface area contributed by atoms with E-state index in [1.807, 2.05) is 48.5 Å². The molecule has 28 heavy (non-hydrogen) atoms. The van der Waals surface area contributed by atoms with Crippen LogP contribution in [0.5, 0.6) is 5.75 Å². The Kier molecular flexibility index (Phi) is 7.02. The van der Waals surface area contributed by atoms with E-state index in [0.717, 1.165) is 17.5 Å². The lowest BCUT2D eigenvalue weighted by molar-refractivity contribution is 0.0735. The van der Waals surface area contributed by atoms with E-state index in [4.69, 9.17) is 4.74 Å². The van der Waals surface area contributed by atoms with Crippen molar-refractivity contribution in [3.8, 4) is 16.9 Å². The van der Waals surface area contributed by atoms with Crippen molar-refractivity contribution in [2.24, 2.45) is 0 Å². The van der Waals surface area contributed by atoms with Crippen LogP contribution in [0.3, 0.4) is 0 Å². The molecule has 3 rings (SSSR count). The van der Waals surface area contributed by atoms with Gasteiger partial charge in [0.05, 0.1) is 5.56 Å². The minimum absolute atomic E-state index is 0.319. The van der Waals surface area contributed by atoms with Crippen LogP contribution in [0.4, 0.5) is 0 Å². The van der Waals surface area contributed by atoms with E-state index in [-0.39, 0.29) is 5.97 Å². The van der Waals surface area contributed by atoms with Gasteiger partial charge in [-0.05, 0) is 60.7 Å². The number of aryl methyl sites for hydroxylation is 2. The minimum atomic E-state index is -0.319. The van der Waals surface area contributed by atoms with Gasteiger partial charge in [-0.3, -0.25) is 0 Å². The summed E-state index contributed by atoms with van der Waals surface area (Å²) in [5.41, 5.74) is 5.35. The highest BCUT2D eigenvalue weighted by atomic mass is 16.5. The van der Waals surface area contributed by atoms with Gasteiger partial charge in [0.1, 0.15) is 5.75 Å². The molecular formula is C26H28O2. The lowest BCUT2D eigenvalue weighted by Crippen LogP contribution is -2.08. The SMILES string of the molecule is CCCCCCc1ccc(C(=O)Oc2ccc(-c3ccc(C)cc3)cc2)cc1. The first-order valence-electron chi connectivity index (χ1n) is 10.1. The van der Waals surface area contributed by atoms with Crippen molar-refractivity contribution in [3.63, 3.8) is 0 Å². The number of benzene rings is 3. The summed E-state index contributed by atoms with van der Waals surface area (Å²) in [6.45, 7) is 4.29. The summed E-state index contributed by atoms with van der Waals surface area (Å²) in [5.74, 6) is 0.241. The van der Waals surface area contributed by atoms with Crippen molar-refractivity contribution in [3.05, 3.63) is 89.5 Å². The largest absolute Gasteiger partial charge is 0.423 e. The molecule has 0 unspecified atom stereocenters. The molecule has 144 valence electrons. The molecule has 0 radical (unpaired) electrons. The second-order valence-electron chi connectivity index (χ2n) is 7.29. The Morgan fingerprint density at radius 3 is 1.96 bits per heavy atom. The predicted molar refractivity (Wildman–Crippen MR) is 116 cm³/mol. The summed E-state index contributed by atoms with van der Waals surface area (Å²) < 4.78 is 5.52. The van der Waals surface area contributed by atoms with Crippen molar-refractivity contribution in [1.82, 2.24) is 0 Å². The first-order valence-corrected chi connectivity index (χ1v) is 10.1. The number of unbranched alkanes of at least 4 members (excludes halogenated alkanes) is 3. The Balaban J connectivity index is 1.57. The predicted octanol–water partition coefficient (Wildman–Crippen LogP) is 7.00. The molecule has 0 heterocycles. The van der Waals surface area contributed by atoms with Crippen LogP contribution in [0.25, 0.3) is 11.1 Å². The zero-order valence-electron chi connectivity index (χ0n) is 16.8. The highest BCUT2D eigenvalue weighted by molar-refractivity contribution is 5.91. The van der Waals surface area contributed by atoms with Crippen LogP contribution in [0.1, 0.15) is 54.1 Å². The van der Waals surface area contributed by atoms with Crippen molar-refractivity contribution in [2.75, 3.05) is 0 Å². The molecule has 3 aromatic rings. The van der Waals surface area contributed by atoms with Crippen molar-refractivity contribution < 1.29 is 9.53 Å². The molecular weight excluding hydrogens is 344 g/mol. The van der Waals surface area contributed by atoms with Gasteiger partial charge in [-0.1, -0.05) is 80.3 Å². The highest BCUT2D eigenvalue weighted by Crippen LogP contribution is 2.23. The van der Waals surface area contributed by atoms with Crippen molar-refractivity contribution >= 4 is 5.97 Å². The Labute approximate surface area is 168 Å². The average Bonchev–Trinajstić information content (AvgIpc) is 2.73. The Hall–Kier alpha value is -2.87. The van der Waals surface area contributed by atoms with Crippen LogP contribution < -0.4 is 4.74 Å². The summed E-state index contributed by atoms with van der Waals surface area (Å²) in [7, 11) is 0. The highest BCUT2D eigenvalue weighted by Gasteiger charge is 2.09. The Morgan fingerprint density at radius 1 is 0.750 bits per heavy atom. The van der Waals surface area contributed by atoms with E-state index in [9.17, 15) is 4.79 Å². The minimum Gasteiger partial charge on any atom is -0.423 e. The fourth-order valence-electron chi connectivity index (χ4n) is 3.19. The molecule has 0 aromatic heterocycles. The monoisotopic (exact) mass is 372 g/mol. The lowest BCUT2D eigenvalue weighted by Gasteiger charge is -2.07. The van der Waals surface area contributed by atoms with Gasteiger partial charge in [0.2, 0.25) is 0 Å². The maximum Gasteiger partial charge on any atom is 0.343 e. The fraction of sp³-hybridized carbons (Fsp3) is 0.269. The van der Waals surface area contributed by atoms with Crippen LogP contribution in [0.15, 0.2) is 72.8 Å². The van der Waals surface area contributed by atoms with E-state index in [1.54, 1.807) is 0 Å². The van der Waals surface area contributed by atoms with E-state index < -0.39 is 0 Å². The summed E-state index contributed by atoms with van der Waals surface area (Å²) in [4.78, 5) is 12.4. The second kappa shape index (κ2) is 9.89. The quantitative estimate of drug-likeness (QED) is 0.242. The van der Waals surface area contributed by atoms with E-state index in [0.29, 0.717) is 11.3 Å². The first kappa shape index (κ1) is 19.9. The van der Waals surface area contributed by atoms with Crippen LogP contribution in [-0.2, 0) is 6.42 Å². The van der Waals surface area contributed by atoms with Crippen molar-refractivity contribution in [1.29, 1.82) is 0 Å². The number of hydrogen-bond donors (Lipinski definition) is 0. The maximum atomic E-state index is 12.4. The number of rotatable bonds is 8. The summed E-state index contributed by atoms with van der Waals surface area (Å²) in [5, 5.41) is 0. The fourth-order valence-corrected chi connectivity index (χ4v) is 3.19. The summed E-state index contributed by atoms with van der Waals surface area (Å²) in [6.07, 6.45) is 6.06. The second-order valence-corrected chi connectivity index (χ2v) is 7.29. The average molecular weight is 373 g/mol. The number of ether oxygens (including phenoxy) is 1. The van der Waals surface area contributed by atoms with Crippen LogP contribution in [-0.4, -0.2) is 5.97 Å². The molecule has 3 aromatic carbocycles. The molecule has 0 aliphatic carbocycles. The summed E-state index contributed by atoms with van der Waals surface area (Å²) >= 11 is 0. The molecule has 2 nitrogen and oxygen atoms in total. The van der Waals surface area contributed by atoms with Crippen LogP contribution in [0.2, 0.25) is 0 Å². The summed E-state index contributed by atoms with van der Waals surface area (Å²) in [6, 6.07) is 23.8. The molecule has 0 bridgehead atoms. The maximum absolute atomic E-state index is 12.4. The molecule has 0 saturated heterocycles. The third-order valence-corrected chi connectivity index (χ3v) is 4.96. The number of hydrogen-bond acceptors (Lipinski definition) is 2. The third kappa shape index (κ3) is 5.56. The molecule has 0 N–H and O–H groups in total. The molecule has 0 aliphatic heterocycles. The molecule has 0 amide bonds. The van der Waals surface area contributed by atoms with Gasteiger partial charge in [-0.15, -0.1) is 0 Å². The molecule has 0 saturated carbocycles. The zero-order valence-corrected chi connectivity index (χ0v) is 16.8. The van der Waals surface area contributed by atoms with Gasteiger partial charge in [0, 0.05) is 0 Å². The Bertz CT molecular complexity index is 875. The van der Waals surface area contributed by atoms with Gasteiger partial charge in [-0.2, -0.15) is 0 Å². The smallest absolute Gasteiger partial charge is 0.343 e. The van der Waals surface area contributed by atoms with Gasteiger partial charge in [0.15, 0.2) is 0 Å². The first-order chi connectivity index (χ1) is 13.7. The van der Waals surface area contributed by atoms with Gasteiger partial charge in [0.25, 0.3) is 0 Å². The van der Waals surface area contributed by atoms with Gasteiger partial charge >= 0.3 is 5.97 Å². The molecule has 2 heteroatoms. The topological polar surface area (TPSA) is 26.3 Å². The van der Waals surface area contributed by atoms with Crippen LogP contribution >= 0.6 is 0 Å². The van der Waals surface area contributed by atoms with Gasteiger partial charge in [-0.25, -0.2) is 4.79 Å². The third-order valence-electron chi connectivity index (χ3n) is 4.96. The lowest BCUT2D eigenvalue weighted by atomic mass is 10.0. The Morgan fingerprint density at radius 2 is 1.36 bits per heavy atom. The molecule has 0 spiro atoms. The molecule has 0 fully saturated rings.